The van der Waals surface area contributed by atoms with E-state index in [-0.39, 0.29) is 0 Å². The summed E-state index contributed by atoms with van der Waals surface area (Å²) in [7, 11) is 0. The van der Waals surface area contributed by atoms with Crippen molar-refractivity contribution in [1.82, 2.24) is 15.0 Å². The molecule has 0 saturated carbocycles. The first-order chi connectivity index (χ1) is 24.3. The third kappa shape index (κ3) is 5.45. The standard InChI is InChI=1S/C45H29N3O/c1-3-12-30(13-4-1)34-16-11-17-36(28-34)44-46-43(47-45(48-44)40-20-8-7-18-37(40)32-14-5-2-6-15-32)33-24-22-31(23-25-33)35-26-27-39-38-19-9-10-21-41(38)49-42(39)29-35/h1-29H. The molecular weight excluding hydrogens is 599 g/mol. The Bertz CT molecular complexity index is 2590. The van der Waals surface area contributed by atoms with Crippen LogP contribution in [0.4, 0.5) is 0 Å². The maximum atomic E-state index is 6.17. The van der Waals surface area contributed by atoms with Gasteiger partial charge in [0.05, 0.1) is 0 Å². The molecule has 0 radical (unpaired) electrons. The summed E-state index contributed by atoms with van der Waals surface area (Å²) in [6.07, 6.45) is 0. The largest absolute Gasteiger partial charge is 0.456 e. The number of furan rings is 1. The summed E-state index contributed by atoms with van der Waals surface area (Å²) in [5, 5.41) is 2.25. The van der Waals surface area contributed by atoms with Crippen LogP contribution in [0.2, 0.25) is 0 Å². The minimum absolute atomic E-state index is 0.618. The second kappa shape index (κ2) is 12.2. The van der Waals surface area contributed by atoms with Gasteiger partial charge in [-0.2, -0.15) is 0 Å². The summed E-state index contributed by atoms with van der Waals surface area (Å²) in [5.74, 6) is 1.87. The molecule has 49 heavy (non-hydrogen) atoms. The second-order valence-electron chi connectivity index (χ2n) is 12.1. The van der Waals surface area contributed by atoms with Crippen molar-refractivity contribution in [3.63, 3.8) is 0 Å². The molecule has 0 bridgehead atoms. The van der Waals surface area contributed by atoms with Crippen LogP contribution in [0, 0.1) is 0 Å². The van der Waals surface area contributed by atoms with Crippen molar-refractivity contribution in [3.8, 4) is 67.5 Å². The van der Waals surface area contributed by atoms with E-state index in [2.05, 4.69) is 140 Å². The number of para-hydroxylation sites is 1. The van der Waals surface area contributed by atoms with Gasteiger partial charge >= 0.3 is 0 Å². The fraction of sp³-hybridized carbons (Fsp3) is 0. The highest BCUT2D eigenvalue weighted by Gasteiger charge is 2.16. The lowest BCUT2D eigenvalue weighted by atomic mass is 9.99. The Balaban J connectivity index is 1.15. The molecule has 0 aliphatic carbocycles. The van der Waals surface area contributed by atoms with E-state index in [0.717, 1.165) is 72.0 Å². The van der Waals surface area contributed by atoms with Crippen LogP contribution in [0.25, 0.3) is 89.5 Å². The Kier molecular flexibility index (Phi) is 7.10. The van der Waals surface area contributed by atoms with Gasteiger partial charge in [0, 0.05) is 27.5 Å². The van der Waals surface area contributed by atoms with E-state index in [1.54, 1.807) is 0 Å². The van der Waals surface area contributed by atoms with E-state index in [4.69, 9.17) is 19.4 Å². The summed E-state index contributed by atoms with van der Waals surface area (Å²) >= 11 is 0. The number of fused-ring (bicyclic) bond motifs is 3. The first-order valence-electron chi connectivity index (χ1n) is 16.4. The molecule has 7 aromatic carbocycles. The lowest BCUT2D eigenvalue weighted by Crippen LogP contribution is -2.01. The Morgan fingerprint density at radius 1 is 0.286 bits per heavy atom. The number of benzene rings is 7. The maximum absolute atomic E-state index is 6.17. The molecule has 2 aromatic heterocycles. The predicted octanol–water partition coefficient (Wildman–Crippen LogP) is 11.8. The van der Waals surface area contributed by atoms with Crippen LogP contribution in [0.15, 0.2) is 180 Å². The molecule has 0 aliphatic heterocycles. The summed E-state index contributed by atoms with van der Waals surface area (Å²) in [5.41, 5.74) is 11.2. The van der Waals surface area contributed by atoms with Gasteiger partial charge in [-0.3, -0.25) is 0 Å². The van der Waals surface area contributed by atoms with Gasteiger partial charge in [-0.15, -0.1) is 0 Å². The molecule has 0 fully saturated rings. The van der Waals surface area contributed by atoms with E-state index in [1.165, 1.54) is 0 Å². The van der Waals surface area contributed by atoms with E-state index in [9.17, 15) is 0 Å². The Morgan fingerprint density at radius 2 is 0.796 bits per heavy atom. The molecule has 9 rings (SSSR count). The molecule has 0 amide bonds. The van der Waals surface area contributed by atoms with E-state index in [1.807, 2.05) is 36.4 Å². The van der Waals surface area contributed by atoms with Crippen LogP contribution in [0.3, 0.4) is 0 Å². The summed E-state index contributed by atoms with van der Waals surface area (Å²) in [6, 6.07) is 60.4. The minimum Gasteiger partial charge on any atom is -0.456 e. The highest BCUT2D eigenvalue weighted by Crippen LogP contribution is 2.35. The van der Waals surface area contributed by atoms with Gasteiger partial charge in [0.1, 0.15) is 11.2 Å². The molecule has 0 spiro atoms. The number of aromatic nitrogens is 3. The average Bonchev–Trinajstić information content (AvgIpc) is 3.56. The summed E-state index contributed by atoms with van der Waals surface area (Å²) < 4.78 is 6.17. The van der Waals surface area contributed by atoms with Crippen molar-refractivity contribution in [2.24, 2.45) is 0 Å². The smallest absolute Gasteiger partial charge is 0.164 e. The Hall–Kier alpha value is -6.65. The monoisotopic (exact) mass is 627 g/mol. The van der Waals surface area contributed by atoms with Crippen LogP contribution < -0.4 is 0 Å². The molecular formula is C45H29N3O. The number of rotatable bonds is 6. The lowest BCUT2D eigenvalue weighted by molar-refractivity contribution is 0.669. The zero-order valence-electron chi connectivity index (χ0n) is 26.5. The van der Waals surface area contributed by atoms with Crippen molar-refractivity contribution in [2.75, 3.05) is 0 Å². The van der Waals surface area contributed by atoms with Gasteiger partial charge in [-0.05, 0) is 57.6 Å². The second-order valence-corrected chi connectivity index (χ2v) is 12.1. The maximum Gasteiger partial charge on any atom is 0.164 e. The molecule has 4 heteroatoms. The van der Waals surface area contributed by atoms with Crippen molar-refractivity contribution >= 4 is 21.9 Å². The van der Waals surface area contributed by atoms with E-state index >= 15 is 0 Å². The van der Waals surface area contributed by atoms with Crippen LogP contribution in [-0.4, -0.2) is 15.0 Å². The normalized spacial score (nSPS) is 11.3. The van der Waals surface area contributed by atoms with Crippen LogP contribution in [-0.2, 0) is 0 Å². The van der Waals surface area contributed by atoms with Gasteiger partial charge < -0.3 is 4.42 Å². The summed E-state index contributed by atoms with van der Waals surface area (Å²) in [6.45, 7) is 0. The molecule has 4 nitrogen and oxygen atoms in total. The SMILES string of the molecule is c1ccc(-c2cccc(-c3nc(-c4ccc(-c5ccc6c(c5)oc5ccccc56)cc4)nc(-c4ccccc4-c4ccccc4)n3)c2)cc1. The van der Waals surface area contributed by atoms with E-state index < -0.39 is 0 Å². The fourth-order valence-electron chi connectivity index (χ4n) is 6.49. The topological polar surface area (TPSA) is 51.8 Å². The lowest BCUT2D eigenvalue weighted by Gasteiger charge is -2.13. The third-order valence-electron chi connectivity index (χ3n) is 8.97. The van der Waals surface area contributed by atoms with Crippen LogP contribution in [0.5, 0.6) is 0 Å². The van der Waals surface area contributed by atoms with Gasteiger partial charge in [-0.1, -0.05) is 152 Å². The Morgan fingerprint density at radius 3 is 1.59 bits per heavy atom. The zero-order valence-corrected chi connectivity index (χ0v) is 26.5. The first kappa shape index (κ1) is 28.6. The van der Waals surface area contributed by atoms with Crippen molar-refractivity contribution in [1.29, 1.82) is 0 Å². The number of hydrogen-bond acceptors (Lipinski definition) is 4. The number of hydrogen-bond donors (Lipinski definition) is 0. The highest BCUT2D eigenvalue weighted by atomic mass is 16.3. The third-order valence-corrected chi connectivity index (χ3v) is 8.97. The van der Waals surface area contributed by atoms with Gasteiger partial charge in [-0.25, -0.2) is 15.0 Å². The van der Waals surface area contributed by atoms with Crippen molar-refractivity contribution < 1.29 is 4.42 Å². The summed E-state index contributed by atoms with van der Waals surface area (Å²) in [4.78, 5) is 15.3. The van der Waals surface area contributed by atoms with Crippen LogP contribution in [0.1, 0.15) is 0 Å². The molecule has 0 aliphatic rings. The fourth-order valence-corrected chi connectivity index (χ4v) is 6.49. The van der Waals surface area contributed by atoms with Gasteiger partial charge in [0.15, 0.2) is 17.5 Å². The molecule has 0 saturated heterocycles. The van der Waals surface area contributed by atoms with Crippen LogP contribution >= 0.6 is 0 Å². The minimum atomic E-state index is 0.618. The average molecular weight is 628 g/mol. The highest BCUT2D eigenvalue weighted by molar-refractivity contribution is 6.05. The quantitative estimate of drug-likeness (QED) is 0.184. The Labute approximate surface area is 284 Å². The van der Waals surface area contributed by atoms with Crippen molar-refractivity contribution in [2.45, 2.75) is 0 Å². The van der Waals surface area contributed by atoms with Gasteiger partial charge in [0.2, 0.25) is 0 Å². The molecule has 230 valence electrons. The molecule has 2 heterocycles. The molecule has 0 N–H and O–H groups in total. The molecule has 0 unspecified atom stereocenters. The number of nitrogens with zero attached hydrogens (tertiary/aromatic N) is 3. The molecule has 0 atom stereocenters. The van der Waals surface area contributed by atoms with E-state index in [0.29, 0.717) is 17.5 Å². The van der Waals surface area contributed by atoms with Gasteiger partial charge in [0.25, 0.3) is 0 Å². The molecule has 9 aromatic rings. The zero-order chi connectivity index (χ0) is 32.6. The first-order valence-corrected chi connectivity index (χ1v) is 16.4. The predicted molar refractivity (Wildman–Crippen MR) is 200 cm³/mol. The van der Waals surface area contributed by atoms with Crippen molar-refractivity contribution in [3.05, 3.63) is 176 Å².